The van der Waals surface area contributed by atoms with Gasteiger partial charge in [-0.2, -0.15) is 0 Å². The van der Waals surface area contributed by atoms with Crippen LogP contribution >= 0.6 is 0 Å². The molecule has 9 nitrogen and oxygen atoms in total. The number of rotatable bonds is 5. The molecule has 0 spiro atoms. The van der Waals surface area contributed by atoms with Gasteiger partial charge in [0.25, 0.3) is 0 Å². The summed E-state index contributed by atoms with van der Waals surface area (Å²) in [6, 6.07) is -1.24. The van der Waals surface area contributed by atoms with Crippen LogP contribution in [0.25, 0.3) is 0 Å². The van der Waals surface area contributed by atoms with Gasteiger partial charge in [0, 0.05) is 20.4 Å². The highest BCUT2D eigenvalue weighted by molar-refractivity contribution is 5.77. The maximum absolute atomic E-state index is 12.0. The third-order valence-electron chi connectivity index (χ3n) is 3.61. The first-order valence-electron chi connectivity index (χ1n) is 6.56. The van der Waals surface area contributed by atoms with E-state index in [2.05, 4.69) is 5.32 Å². The number of aliphatic hydroxyl groups is 2. The Morgan fingerprint density at radius 3 is 2.71 bits per heavy atom. The number of hydrogen-bond acceptors (Lipinski definition) is 7. The highest BCUT2D eigenvalue weighted by atomic mass is 16.7. The Morgan fingerprint density at radius 1 is 1.52 bits per heavy atom. The molecule has 5 atom stereocenters. The van der Waals surface area contributed by atoms with E-state index in [4.69, 9.17) is 19.9 Å². The summed E-state index contributed by atoms with van der Waals surface area (Å²) in [5.41, 5.74) is 5.58. The largest absolute Gasteiger partial charge is 0.394 e. The van der Waals surface area contributed by atoms with Gasteiger partial charge in [0.1, 0.15) is 18.3 Å². The van der Waals surface area contributed by atoms with Crippen molar-refractivity contribution in [2.75, 3.05) is 20.8 Å². The zero-order valence-corrected chi connectivity index (χ0v) is 11.9. The summed E-state index contributed by atoms with van der Waals surface area (Å²) in [4.78, 5) is 13.2. The van der Waals surface area contributed by atoms with E-state index in [1.54, 1.807) is 6.08 Å². The van der Waals surface area contributed by atoms with Crippen LogP contribution in [0.4, 0.5) is 4.79 Å². The first-order valence-corrected chi connectivity index (χ1v) is 6.56. The van der Waals surface area contributed by atoms with Crippen molar-refractivity contribution in [3.63, 3.8) is 0 Å². The topological polar surface area (TPSA) is 127 Å². The first-order chi connectivity index (χ1) is 10.0. The summed E-state index contributed by atoms with van der Waals surface area (Å²) in [5.74, 6) is 0. The first kappa shape index (κ1) is 16.1. The molecule has 2 heterocycles. The molecule has 2 aliphatic rings. The quantitative estimate of drug-likeness (QED) is 0.429. The van der Waals surface area contributed by atoms with Crippen LogP contribution in [-0.2, 0) is 14.2 Å². The van der Waals surface area contributed by atoms with Crippen molar-refractivity contribution in [1.82, 2.24) is 10.2 Å². The van der Waals surface area contributed by atoms with E-state index in [-0.39, 0.29) is 6.61 Å². The van der Waals surface area contributed by atoms with Crippen LogP contribution in [0.1, 0.15) is 0 Å². The van der Waals surface area contributed by atoms with Crippen molar-refractivity contribution in [2.45, 2.75) is 36.8 Å². The van der Waals surface area contributed by atoms with E-state index < -0.39 is 42.8 Å². The molecule has 1 saturated heterocycles. The number of amides is 2. The molecule has 0 aromatic heterocycles. The number of nitrogens with two attached hydrogens (primary N) is 1. The van der Waals surface area contributed by atoms with Crippen LogP contribution in [0.15, 0.2) is 12.3 Å². The van der Waals surface area contributed by atoms with Crippen LogP contribution in [0, 0.1) is 0 Å². The van der Waals surface area contributed by atoms with Gasteiger partial charge in [-0.1, -0.05) is 0 Å². The second-order valence-electron chi connectivity index (χ2n) is 4.87. The molecule has 2 aliphatic heterocycles. The van der Waals surface area contributed by atoms with Gasteiger partial charge < -0.3 is 35.5 Å². The molecule has 1 fully saturated rings. The monoisotopic (exact) mass is 303 g/mol. The van der Waals surface area contributed by atoms with E-state index in [9.17, 15) is 15.0 Å². The Kier molecular flexibility index (Phi) is 5.14. The van der Waals surface area contributed by atoms with Gasteiger partial charge in [-0.15, -0.1) is 0 Å². The van der Waals surface area contributed by atoms with Gasteiger partial charge in [-0.05, 0) is 6.08 Å². The molecule has 21 heavy (non-hydrogen) atoms. The third-order valence-corrected chi connectivity index (χ3v) is 3.61. The Morgan fingerprint density at radius 2 is 2.19 bits per heavy atom. The van der Waals surface area contributed by atoms with Crippen molar-refractivity contribution in [3.8, 4) is 0 Å². The predicted octanol–water partition coefficient (Wildman–Crippen LogP) is -2.08. The fraction of sp³-hybridized carbons (Fsp3) is 0.750. The lowest BCUT2D eigenvalue weighted by molar-refractivity contribution is -0.193. The Labute approximate surface area is 122 Å². The fourth-order valence-electron chi connectivity index (χ4n) is 2.61. The number of nitrogens with zero attached hydrogens (tertiary/aromatic N) is 1. The summed E-state index contributed by atoms with van der Waals surface area (Å²) in [5, 5.41) is 22.4. The van der Waals surface area contributed by atoms with Gasteiger partial charge in [-0.25, -0.2) is 4.79 Å². The lowest BCUT2D eigenvalue weighted by Gasteiger charge is -2.34. The predicted molar refractivity (Wildman–Crippen MR) is 70.8 cm³/mol. The molecule has 5 N–H and O–H groups in total. The van der Waals surface area contributed by atoms with E-state index in [0.29, 0.717) is 0 Å². The lowest BCUT2D eigenvalue weighted by Crippen LogP contribution is -2.57. The maximum Gasteiger partial charge on any atom is 0.323 e. The molecule has 120 valence electrons. The summed E-state index contributed by atoms with van der Waals surface area (Å²) in [7, 11) is 2.83. The van der Waals surface area contributed by atoms with Crippen LogP contribution in [0.3, 0.4) is 0 Å². The molecule has 5 unspecified atom stereocenters. The third kappa shape index (κ3) is 3.03. The number of aliphatic hydroxyl groups excluding tert-OH is 2. The van der Waals surface area contributed by atoms with Crippen molar-refractivity contribution in [2.24, 2.45) is 5.73 Å². The Balaban J connectivity index is 2.21. The summed E-state index contributed by atoms with van der Waals surface area (Å²) < 4.78 is 15.7. The average Bonchev–Trinajstić information content (AvgIpc) is 2.78. The maximum atomic E-state index is 12.0. The molecular formula is C12H21N3O6. The van der Waals surface area contributed by atoms with E-state index >= 15 is 0 Å². The van der Waals surface area contributed by atoms with E-state index in [0.717, 1.165) is 0 Å². The van der Waals surface area contributed by atoms with Crippen molar-refractivity contribution < 1.29 is 29.2 Å². The highest BCUT2D eigenvalue weighted by Gasteiger charge is 2.51. The normalized spacial score (nSPS) is 36.4. The van der Waals surface area contributed by atoms with Gasteiger partial charge in [0.05, 0.1) is 18.8 Å². The highest BCUT2D eigenvalue weighted by Crippen LogP contribution is 2.29. The van der Waals surface area contributed by atoms with Gasteiger partial charge >= 0.3 is 6.03 Å². The smallest absolute Gasteiger partial charge is 0.323 e. The van der Waals surface area contributed by atoms with Gasteiger partial charge in [-0.3, -0.25) is 4.90 Å². The molecule has 0 bridgehead atoms. The number of carbonyl (C=O) groups excluding carboxylic acids is 1. The Hall–Kier alpha value is -1.23. The molecule has 0 aliphatic carbocycles. The standard InChI is InChI=1S/C12H21N3O6/c1-19-11(20-2)10-9(17)8(6(5-16)21-10)15-4-3-7(13)14-12(15)18/h3-4,6-11,16-17H,5,13H2,1-2H3,(H,14,18). The molecule has 0 aromatic rings. The zero-order chi connectivity index (χ0) is 15.6. The number of urea groups is 1. The van der Waals surface area contributed by atoms with Crippen LogP contribution in [-0.4, -0.2) is 78.8 Å². The number of ether oxygens (including phenoxy) is 3. The average molecular weight is 303 g/mol. The minimum absolute atomic E-state index is 0.359. The number of methoxy groups -OCH3 is 2. The molecule has 0 saturated carbocycles. The molecule has 2 amide bonds. The van der Waals surface area contributed by atoms with E-state index in [1.165, 1.54) is 25.3 Å². The van der Waals surface area contributed by atoms with Crippen LogP contribution < -0.4 is 11.1 Å². The lowest BCUT2D eigenvalue weighted by atomic mass is 10.0. The van der Waals surface area contributed by atoms with Crippen molar-refractivity contribution in [1.29, 1.82) is 0 Å². The van der Waals surface area contributed by atoms with Crippen LogP contribution in [0.5, 0.6) is 0 Å². The summed E-state index contributed by atoms with van der Waals surface area (Å²) in [6.07, 6.45) is -1.01. The van der Waals surface area contributed by atoms with Crippen molar-refractivity contribution in [3.05, 3.63) is 12.3 Å². The molecule has 0 radical (unpaired) electrons. The fourth-order valence-corrected chi connectivity index (χ4v) is 2.61. The number of carbonyl (C=O) groups is 1. The molecule has 0 aromatic carbocycles. The molecular weight excluding hydrogens is 282 g/mol. The molecule has 9 heteroatoms. The zero-order valence-electron chi connectivity index (χ0n) is 11.9. The minimum atomic E-state index is -1.09. The minimum Gasteiger partial charge on any atom is -0.394 e. The van der Waals surface area contributed by atoms with Crippen LogP contribution in [0.2, 0.25) is 0 Å². The summed E-state index contributed by atoms with van der Waals surface area (Å²) >= 11 is 0. The van der Waals surface area contributed by atoms with Gasteiger partial charge in [0.2, 0.25) is 0 Å². The second kappa shape index (κ2) is 6.69. The molecule has 2 rings (SSSR count). The Bertz CT molecular complexity index is 402. The van der Waals surface area contributed by atoms with E-state index in [1.807, 2.05) is 0 Å². The number of nitrogens with one attached hydrogen (secondary N) is 1. The summed E-state index contributed by atoms with van der Waals surface area (Å²) in [6.45, 7) is -0.359. The number of hydrogen-bond donors (Lipinski definition) is 4. The van der Waals surface area contributed by atoms with Gasteiger partial charge in [0.15, 0.2) is 6.29 Å². The van der Waals surface area contributed by atoms with Crippen molar-refractivity contribution >= 4 is 6.03 Å². The second-order valence-corrected chi connectivity index (χ2v) is 4.87. The SMILES string of the molecule is COC(OC)C1OC(CO)C(N2C=CC(N)NC2=O)C1O.